The van der Waals surface area contributed by atoms with E-state index in [2.05, 4.69) is 77.7 Å². The number of nitrogens with zero attached hydrogens (tertiary/aromatic N) is 2. The maximum Gasteiger partial charge on any atom is 0.346 e. The number of benzene rings is 4. The fraction of sp³-hybridized carbons (Fsp3) is 0. The maximum absolute atomic E-state index is 11.7. The first-order chi connectivity index (χ1) is 21.6. The lowest BCUT2D eigenvalue weighted by atomic mass is 9.94. The van der Waals surface area contributed by atoms with Gasteiger partial charge < -0.3 is 10.0 Å². The SMILES string of the molecule is N#C/C(=C/c1cc(-c2cccs2)c(/C=C/c2ccc(N(c3ccccc3)c3ccccc3)cc2)cc1-c1cccs1)C(=O)O. The lowest BCUT2D eigenvalue weighted by molar-refractivity contribution is -0.132. The van der Waals surface area contributed by atoms with Gasteiger partial charge in [-0.2, -0.15) is 5.26 Å². The molecule has 0 bridgehead atoms. The molecule has 2 heterocycles. The van der Waals surface area contributed by atoms with Gasteiger partial charge in [0.05, 0.1) is 0 Å². The minimum atomic E-state index is -1.24. The van der Waals surface area contributed by atoms with Gasteiger partial charge in [-0.05, 0) is 105 Å². The summed E-state index contributed by atoms with van der Waals surface area (Å²) in [5.41, 5.74) is 7.52. The van der Waals surface area contributed by atoms with Gasteiger partial charge in [0.25, 0.3) is 0 Å². The molecule has 0 unspecified atom stereocenters. The zero-order chi connectivity index (χ0) is 30.3. The Morgan fingerprint density at radius 3 is 1.68 bits per heavy atom. The van der Waals surface area contributed by atoms with Crippen LogP contribution in [0.15, 0.2) is 138 Å². The van der Waals surface area contributed by atoms with Crippen molar-refractivity contribution in [3.63, 3.8) is 0 Å². The third-order valence-electron chi connectivity index (χ3n) is 7.08. The summed E-state index contributed by atoms with van der Waals surface area (Å²) in [6, 6.07) is 43.0. The van der Waals surface area contributed by atoms with Crippen molar-refractivity contribution in [2.45, 2.75) is 0 Å². The van der Waals surface area contributed by atoms with E-state index in [1.807, 2.05) is 77.5 Å². The number of carboxylic acids is 1. The summed E-state index contributed by atoms with van der Waals surface area (Å²) < 4.78 is 0. The minimum Gasteiger partial charge on any atom is -0.477 e. The Kier molecular flexibility index (Phi) is 8.60. The van der Waals surface area contributed by atoms with Crippen LogP contribution in [0.4, 0.5) is 17.1 Å². The van der Waals surface area contributed by atoms with Crippen molar-refractivity contribution in [1.82, 2.24) is 0 Å². The third-order valence-corrected chi connectivity index (χ3v) is 8.89. The van der Waals surface area contributed by atoms with Gasteiger partial charge in [-0.25, -0.2) is 4.79 Å². The summed E-state index contributed by atoms with van der Waals surface area (Å²) in [5.74, 6) is -1.24. The number of carboxylic acid groups (broad SMARTS) is 1. The molecule has 0 aliphatic heterocycles. The Morgan fingerprint density at radius 2 is 1.18 bits per heavy atom. The van der Waals surface area contributed by atoms with Crippen LogP contribution in [0.25, 0.3) is 39.1 Å². The van der Waals surface area contributed by atoms with Crippen LogP contribution in [0.3, 0.4) is 0 Å². The molecule has 0 radical (unpaired) electrons. The van der Waals surface area contributed by atoms with Crippen molar-refractivity contribution in [3.05, 3.63) is 154 Å². The van der Waals surface area contributed by atoms with E-state index in [4.69, 9.17) is 0 Å². The van der Waals surface area contributed by atoms with E-state index < -0.39 is 5.97 Å². The summed E-state index contributed by atoms with van der Waals surface area (Å²) in [6.45, 7) is 0. The maximum atomic E-state index is 11.7. The molecule has 6 rings (SSSR count). The van der Waals surface area contributed by atoms with Crippen molar-refractivity contribution < 1.29 is 9.90 Å². The van der Waals surface area contributed by atoms with Crippen LogP contribution >= 0.6 is 22.7 Å². The Hall–Kier alpha value is -5.48. The van der Waals surface area contributed by atoms with Crippen molar-refractivity contribution in [3.8, 4) is 27.0 Å². The van der Waals surface area contributed by atoms with E-state index in [1.54, 1.807) is 22.7 Å². The van der Waals surface area contributed by atoms with Crippen LogP contribution < -0.4 is 4.90 Å². The van der Waals surface area contributed by atoms with Crippen LogP contribution in [0.1, 0.15) is 16.7 Å². The first kappa shape index (κ1) is 28.6. The molecule has 212 valence electrons. The topological polar surface area (TPSA) is 64.3 Å². The number of anilines is 3. The molecule has 1 N–H and O–H groups in total. The molecule has 6 heteroatoms. The number of hydrogen-bond acceptors (Lipinski definition) is 5. The molecule has 2 aromatic heterocycles. The first-order valence-corrected chi connectivity index (χ1v) is 15.7. The fourth-order valence-corrected chi connectivity index (χ4v) is 6.53. The fourth-order valence-electron chi connectivity index (χ4n) is 5.00. The third kappa shape index (κ3) is 6.30. The first-order valence-electron chi connectivity index (χ1n) is 13.9. The van der Waals surface area contributed by atoms with Gasteiger partial charge in [0.15, 0.2) is 0 Å². The van der Waals surface area contributed by atoms with E-state index in [-0.39, 0.29) is 5.57 Å². The lowest BCUT2D eigenvalue weighted by Crippen LogP contribution is -2.09. The van der Waals surface area contributed by atoms with Gasteiger partial charge >= 0.3 is 5.97 Å². The van der Waals surface area contributed by atoms with Gasteiger partial charge in [0.2, 0.25) is 0 Å². The Balaban J connectivity index is 1.40. The average molecular weight is 607 g/mol. The van der Waals surface area contributed by atoms with Crippen molar-refractivity contribution >= 4 is 63.9 Å². The Bertz CT molecular complexity index is 1930. The molecule has 0 aliphatic carbocycles. The Morgan fingerprint density at radius 1 is 0.659 bits per heavy atom. The number of carbonyl (C=O) groups is 1. The second-order valence-electron chi connectivity index (χ2n) is 9.89. The van der Waals surface area contributed by atoms with Gasteiger partial charge in [0, 0.05) is 26.8 Å². The van der Waals surface area contributed by atoms with Crippen LogP contribution in [0.5, 0.6) is 0 Å². The van der Waals surface area contributed by atoms with Gasteiger partial charge in [0.1, 0.15) is 11.6 Å². The van der Waals surface area contributed by atoms with Crippen LogP contribution in [-0.2, 0) is 4.79 Å². The molecule has 0 fully saturated rings. The number of aliphatic carboxylic acids is 1. The molecular formula is C38H26N2O2S2. The molecular weight excluding hydrogens is 581 g/mol. The molecule has 4 nitrogen and oxygen atoms in total. The molecule has 0 saturated heterocycles. The summed E-state index contributed by atoms with van der Waals surface area (Å²) in [4.78, 5) is 16.0. The zero-order valence-corrected chi connectivity index (χ0v) is 25.1. The largest absolute Gasteiger partial charge is 0.477 e. The van der Waals surface area contributed by atoms with Crippen LogP contribution in [-0.4, -0.2) is 11.1 Å². The van der Waals surface area contributed by atoms with E-state index in [0.29, 0.717) is 5.56 Å². The summed E-state index contributed by atoms with van der Waals surface area (Å²) in [5, 5.41) is 23.0. The monoisotopic (exact) mass is 606 g/mol. The van der Waals surface area contributed by atoms with Crippen LogP contribution in [0.2, 0.25) is 0 Å². The highest BCUT2D eigenvalue weighted by atomic mass is 32.1. The quantitative estimate of drug-likeness (QED) is 0.101. The highest BCUT2D eigenvalue weighted by Crippen LogP contribution is 2.38. The highest BCUT2D eigenvalue weighted by molar-refractivity contribution is 7.14. The number of thiophene rings is 2. The molecule has 0 aliphatic rings. The molecule has 44 heavy (non-hydrogen) atoms. The minimum absolute atomic E-state index is 0.302. The number of rotatable bonds is 9. The standard InChI is InChI=1S/C38H26N2O2S2/c39-26-30(38(41)42)23-29-25-34(36-13-7-21-43-36)28(24-35(29)37-14-8-22-44-37)18-15-27-16-19-33(20-17-27)40(31-9-3-1-4-10-31)32-11-5-2-6-12-32/h1-25H,(H,41,42)/b18-15+,30-23-. The normalized spacial score (nSPS) is 11.4. The van der Waals surface area contributed by atoms with Crippen molar-refractivity contribution in [2.75, 3.05) is 4.90 Å². The van der Waals surface area contributed by atoms with Gasteiger partial charge in [-0.1, -0.05) is 72.8 Å². The summed E-state index contributed by atoms with van der Waals surface area (Å²) in [7, 11) is 0. The van der Waals surface area contributed by atoms with E-state index in [9.17, 15) is 15.2 Å². The summed E-state index contributed by atoms with van der Waals surface area (Å²) >= 11 is 3.19. The molecule has 0 atom stereocenters. The molecule has 0 spiro atoms. The predicted molar refractivity (Wildman–Crippen MR) is 184 cm³/mol. The second-order valence-corrected chi connectivity index (χ2v) is 11.8. The molecule has 6 aromatic rings. The average Bonchev–Trinajstić information content (AvgIpc) is 3.80. The van der Waals surface area contributed by atoms with Gasteiger partial charge in [-0.3, -0.25) is 0 Å². The van der Waals surface area contributed by atoms with E-state index in [0.717, 1.165) is 49.1 Å². The predicted octanol–water partition coefficient (Wildman–Crippen LogP) is 10.8. The number of nitriles is 1. The highest BCUT2D eigenvalue weighted by Gasteiger charge is 2.15. The van der Waals surface area contributed by atoms with Crippen molar-refractivity contribution in [1.29, 1.82) is 5.26 Å². The second kappa shape index (κ2) is 13.2. The van der Waals surface area contributed by atoms with E-state index >= 15 is 0 Å². The molecule has 4 aromatic carbocycles. The number of hydrogen-bond donors (Lipinski definition) is 1. The van der Waals surface area contributed by atoms with Crippen LogP contribution in [0, 0.1) is 11.3 Å². The molecule has 0 saturated carbocycles. The van der Waals surface area contributed by atoms with Crippen molar-refractivity contribution in [2.24, 2.45) is 0 Å². The Labute approximate surface area is 264 Å². The zero-order valence-electron chi connectivity index (χ0n) is 23.5. The molecule has 0 amide bonds. The van der Waals surface area contributed by atoms with E-state index in [1.165, 1.54) is 6.08 Å². The smallest absolute Gasteiger partial charge is 0.346 e. The van der Waals surface area contributed by atoms with Gasteiger partial charge in [-0.15, -0.1) is 22.7 Å². The lowest BCUT2D eigenvalue weighted by Gasteiger charge is -2.25. The summed E-state index contributed by atoms with van der Waals surface area (Å²) in [6.07, 6.45) is 5.66. The number of para-hydroxylation sites is 2.